The minimum Gasteiger partial charge on any atom is -0.459 e. The Hall–Kier alpha value is -1.32. The van der Waals surface area contributed by atoms with Crippen molar-refractivity contribution in [1.82, 2.24) is 10.2 Å². The Bertz CT molecular complexity index is 536. The van der Waals surface area contributed by atoms with Gasteiger partial charge >= 0.3 is 0 Å². The summed E-state index contributed by atoms with van der Waals surface area (Å²) >= 11 is 0. The summed E-state index contributed by atoms with van der Waals surface area (Å²) in [5, 5.41) is 4.77. The number of piperidine rings is 1. The van der Waals surface area contributed by atoms with E-state index in [1.54, 1.807) is 0 Å². The van der Waals surface area contributed by atoms with Gasteiger partial charge < -0.3 is 14.6 Å². The van der Waals surface area contributed by atoms with Gasteiger partial charge in [0.05, 0.1) is 6.04 Å². The standard InChI is InChI=1S/C18H26N2O/c1-14-7-10-20(11-8-14)12-9-19-15(2)18-13-16-5-3-4-6-17(16)21-18/h3-6,13-15,19H,7-12H2,1-2H3. The van der Waals surface area contributed by atoms with Gasteiger partial charge in [-0.1, -0.05) is 25.1 Å². The lowest BCUT2D eigenvalue weighted by molar-refractivity contribution is 0.191. The highest BCUT2D eigenvalue weighted by molar-refractivity contribution is 5.77. The van der Waals surface area contributed by atoms with Crippen LogP contribution in [0.15, 0.2) is 34.7 Å². The molecule has 21 heavy (non-hydrogen) atoms. The predicted molar refractivity (Wildman–Crippen MR) is 87.5 cm³/mol. The van der Waals surface area contributed by atoms with E-state index in [1.807, 2.05) is 12.1 Å². The van der Waals surface area contributed by atoms with Crippen molar-refractivity contribution in [2.45, 2.75) is 32.7 Å². The quantitative estimate of drug-likeness (QED) is 0.906. The maximum absolute atomic E-state index is 5.91. The molecule has 1 N–H and O–H groups in total. The third-order valence-corrected chi connectivity index (χ3v) is 4.63. The van der Waals surface area contributed by atoms with E-state index in [4.69, 9.17) is 4.42 Å². The van der Waals surface area contributed by atoms with Crippen molar-refractivity contribution in [2.24, 2.45) is 5.92 Å². The van der Waals surface area contributed by atoms with E-state index < -0.39 is 0 Å². The van der Waals surface area contributed by atoms with Gasteiger partial charge in [-0.15, -0.1) is 0 Å². The zero-order valence-corrected chi connectivity index (χ0v) is 13.1. The summed E-state index contributed by atoms with van der Waals surface area (Å²) in [4.78, 5) is 2.57. The highest BCUT2D eigenvalue weighted by atomic mass is 16.3. The summed E-state index contributed by atoms with van der Waals surface area (Å²) in [5.41, 5.74) is 0.978. The Morgan fingerprint density at radius 2 is 2.05 bits per heavy atom. The topological polar surface area (TPSA) is 28.4 Å². The molecule has 0 saturated carbocycles. The van der Waals surface area contributed by atoms with Crippen LogP contribution in [-0.2, 0) is 0 Å². The minimum absolute atomic E-state index is 0.265. The first-order valence-electron chi connectivity index (χ1n) is 8.16. The van der Waals surface area contributed by atoms with Crippen molar-refractivity contribution in [2.75, 3.05) is 26.2 Å². The maximum atomic E-state index is 5.91. The van der Waals surface area contributed by atoms with Crippen molar-refractivity contribution in [3.8, 4) is 0 Å². The van der Waals surface area contributed by atoms with E-state index in [1.165, 1.54) is 31.3 Å². The number of hydrogen-bond donors (Lipinski definition) is 1. The van der Waals surface area contributed by atoms with Gasteiger partial charge in [0.15, 0.2) is 0 Å². The molecule has 0 spiro atoms. The molecule has 1 aliphatic rings. The van der Waals surface area contributed by atoms with Gasteiger partial charge in [-0.25, -0.2) is 0 Å². The van der Waals surface area contributed by atoms with Crippen LogP contribution in [0.25, 0.3) is 11.0 Å². The van der Waals surface area contributed by atoms with Gasteiger partial charge in [0, 0.05) is 18.5 Å². The van der Waals surface area contributed by atoms with E-state index in [0.717, 1.165) is 30.4 Å². The third-order valence-electron chi connectivity index (χ3n) is 4.63. The number of likely N-dealkylation sites (tertiary alicyclic amines) is 1. The molecule has 1 atom stereocenters. The second kappa shape index (κ2) is 6.63. The summed E-state index contributed by atoms with van der Waals surface area (Å²) in [6, 6.07) is 10.6. The number of para-hydroxylation sites is 1. The summed E-state index contributed by atoms with van der Waals surface area (Å²) in [6.07, 6.45) is 2.69. The molecule has 0 aliphatic carbocycles. The van der Waals surface area contributed by atoms with Gasteiger partial charge in [-0.05, 0) is 50.9 Å². The Morgan fingerprint density at radius 1 is 1.29 bits per heavy atom. The number of benzene rings is 1. The smallest absolute Gasteiger partial charge is 0.134 e. The second-order valence-electron chi connectivity index (χ2n) is 6.39. The second-order valence-corrected chi connectivity index (χ2v) is 6.39. The van der Waals surface area contributed by atoms with Crippen molar-refractivity contribution in [1.29, 1.82) is 0 Å². The van der Waals surface area contributed by atoms with E-state index >= 15 is 0 Å². The normalized spacial score (nSPS) is 19.1. The lowest BCUT2D eigenvalue weighted by Crippen LogP contribution is -2.38. The van der Waals surface area contributed by atoms with Crippen LogP contribution in [0.5, 0.6) is 0 Å². The number of nitrogens with zero attached hydrogens (tertiary/aromatic N) is 1. The number of fused-ring (bicyclic) bond motifs is 1. The SMILES string of the molecule is CC1CCN(CCNC(C)c2cc3ccccc3o2)CC1. The van der Waals surface area contributed by atoms with Gasteiger partial charge in [0.2, 0.25) is 0 Å². The first-order valence-corrected chi connectivity index (χ1v) is 8.16. The van der Waals surface area contributed by atoms with Crippen LogP contribution in [0.4, 0.5) is 0 Å². The van der Waals surface area contributed by atoms with Crippen LogP contribution in [0, 0.1) is 5.92 Å². The number of nitrogens with one attached hydrogen (secondary N) is 1. The van der Waals surface area contributed by atoms with Crippen molar-refractivity contribution >= 4 is 11.0 Å². The molecular formula is C18H26N2O. The monoisotopic (exact) mass is 286 g/mol. The van der Waals surface area contributed by atoms with Crippen LogP contribution >= 0.6 is 0 Å². The Morgan fingerprint density at radius 3 is 2.81 bits per heavy atom. The molecule has 1 aromatic heterocycles. The van der Waals surface area contributed by atoms with Crippen molar-refractivity contribution < 1.29 is 4.42 Å². The van der Waals surface area contributed by atoms with Crippen molar-refractivity contribution in [3.63, 3.8) is 0 Å². The fourth-order valence-electron chi connectivity index (χ4n) is 3.04. The zero-order chi connectivity index (χ0) is 14.7. The Kier molecular flexibility index (Phi) is 4.61. The first kappa shape index (κ1) is 14.6. The fourth-order valence-corrected chi connectivity index (χ4v) is 3.04. The Labute approximate surface area is 127 Å². The average molecular weight is 286 g/mol. The van der Waals surface area contributed by atoms with Crippen LogP contribution < -0.4 is 5.32 Å². The molecular weight excluding hydrogens is 260 g/mol. The molecule has 3 rings (SSSR count). The Balaban J connectivity index is 1.48. The highest BCUT2D eigenvalue weighted by Crippen LogP contribution is 2.23. The lowest BCUT2D eigenvalue weighted by Gasteiger charge is -2.30. The molecule has 2 aromatic rings. The highest BCUT2D eigenvalue weighted by Gasteiger charge is 2.16. The van der Waals surface area contributed by atoms with Gasteiger partial charge in [-0.3, -0.25) is 0 Å². The van der Waals surface area contributed by atoms with Crippen molar-refractivity contribution in [3.05, 3.63) is 36.1 Å². The van der Waals surface area contributed by atoms with Gasteiger partial charge in [-0.2, -0.15) is 0 Å². The summed E-state index contributed by atoms with van der Waals surface area (Å²) in [6.45, 7) is 9.20. The molecule has 1 aliphatic heterocycles. The molecule has 1 fully saturated rings. The molecule has 3 nitrogen and oxygen atoms in total. The molecule has 1 saturated heterocycles. The lowest BCUT2D eigenvalue weighted by atomic mass is 9.99. The molecule has 1 aromatic carbocycles. The summed E-state index contributed by atoms with van der Waals surface area (Å²) in [5.74, 6) is 1.94. The van der Waals surface area contributed by atoms with E-state index in [9.17, 15) is 0 Å². The maximum Gasteiger partial charge on any atom is 0.134 e. The molecule has 114 valence electrons. The largest absolute Gasteiger partial charge is 0.459 e. The minimum atomic E-state index is 0.265. The summed E-state index contributed by atoms with van der Waals surface area (Å²) in [7, 11) is 0. The third kappa shape index (κ3) is 3.66. The van der Waals surface area contributed by atoms with Crippen LogP contribution in [0.1, 0.15) is 38.5 Å². The van der Waals surface area contributed by atoms with E-state index in [0.29, 0.717) is 0 Å². The van der Waals surface area contributed by atoms with Crippen LogP contribution in [0.2, 0.25) is 0 Å². The average Bonchev–Trinajstić information content (AvgIpc) is 2.93. The van der Waals surface area contributed by atoms with E-state index in [-0.39, 0.29) is 6.04 Å². The first-order chi connectivity index (χ1) is 10.2. The molecule has 0 bridgehead atoms. The number of hydrogen-bond acceptors (Lipinski definition) is 3. The zero-order valence-electron chi connectivity index (χ0n) is 13.1. The molecule has 0 radical (unpaired) electrons. The predicted octanol–water partition coefficient (Wildman–Crippen LogP) is 3.82. The van der Waals surface area contributed by atoms with Crippen LogP contribution in [-0.4, -0.2) is 31.1 Å². The number of rotatable bonds is 5. The van der Waals surface area contributed by atoms with Gasteiger partial charge in [0.25, 0.3) is 0 Å². The fraction of sp³-hybridized carbons (Fsp3) is 0.556. The van der Waals surface area contributed by atoms with Crippen LogP contribution in [0.3, 0.4) is 0 Å². The molecule has 2 heterocycles. The van der Waals surface area contributed by atoms with E-state index in [2.05, 4.69) is 42.3 Å². The molecule has 1 unspecified atom stereocenters. The molecule has 0 amide bonds. The summed E-state index contributed by atoms with van der Waals surface area (Å²) < 4.78 is 5.91. The van der Waals surface area contributed by atoms with Gasteiger partial charge in [0.1, 0.15) is 11.3 Å². The molecule has 3 heteroatoms. The number of furan rings is 1.